The smallest absolute Gasteiger partial charge is 0.194 e. The van der Waals surface area contributed by atoms with Gasteiger partial charge in [-0.1, -0.05) is 18.2 Å². The molecule has 0 aliphatic rings. The van der Waals surface area contributed by atoms with Crippen LogP contribution in [0.5, 0.6) is 0 Å². The topological polar surface area (TPSA) is 34.1 Å². The molecule has 1 unspecified atom stereocenters. The normalized spacial score (nSPS) is 14.0. The zero-order valence-electron chi connectivity index (χ0n) is 8.41. The van der Waals surface area contributed by atoms with E-state index in [1.54, 1.807) is 18.2 Å². The standard InChI is InChI=1S/C10H13FO2S/c1-7-4-5-10(6-8(7)2)9(3)14(11,12)13/h4-6,9H,1-3H3. The molecule has 1 aromatic carbocycles. The van der Waals surface area contributed by atoms with Crippen LogP contribution in [0.4, 0.5) is 3.89 Å². The van der Waals surface area contributed by atoms with Gasteiger partial charge in [0.25, 0.3) is 0 Å². The molecular formula is C10H13FO2S. The summed E-state index contributed by atoms with van der Waals surface area (Å²) in [6.07, 6.45) is 0. The van der Waals surface area contributed by atoms with Gasteiger partial charge in [0, 0.05) is 0 Å². The van der Waals surface area contributed by atoms with Gasteiger partial charge in [0.05, 0.1) is 0 Å². The molecule has 0 N–H and O–H groups in total. The van der Waals surface area contributed by atoms with Crippen LogP contribution in [-0.4, -0.2) is 8.42 Å². The van der Waals surface area contributed by atoms with E-state index in [9.17, 15) is 12.3 Å². The molecule has 0 aromatic heterocycles. The molecule has 0 radical (unpaired) electrons. The Hall–Kier alpha value is -0.900. The Bertz CT molecular complexity index is 437. The van der Waals surface area contributed by atoms with Gasteiger partial charge in [-0.25, -0.2) is 0 Å². The summed E-state index contributed by atoms with van der Waals surface area (Å²) in [5, 5.41) is -1.08. The van der Waals surface area contributed by atoms with Crippen LogP contribution in [0.15, 0.2) is 18.2 Å². The lowest BCUT2D eigenvalue weighted by Gasteiger charge is -2.09. The fourth-order valence-electron chi connectivity index (χ4n) is 1.18. The average molecular weight is 216 g/mol. The van der Waals surface area contributed by atoms with Crippen molar-refractivity contribution < 1.29 is 12.3 Å². The number of halogens is 1. The van der Waals surface area contributed by atoms with Crippen molar-refractivity contribution >= 4 is 10.2 Å². The van der Waals surface area contributed by atoms with Crippen LogP contribution in [0.1, 0.15) is 28.9 Å². The van der Waals surface area contributed by atoms with Crippen LogP contribution in [0.3, 0.4) is 0 Å². The minimum Gasteiger partial charge on any atom is -0.194 e. The van der Waals surface area contributed by atoms with Crippen molar-refractivity contribution in [3.8, 4) is 0 Å². The maximum Gasteiger partial charge on any atom is 0.309 e. The predicted molar refractivity (Wildman–Crippen MR) is 54.4 cm³/mol. The molecular weight excluding hydrogens is 203 g/mol. The van der Waals surface area contributed by atoms with Crippen LogP contribution < -0.4 is 0 Å². The van der Waals surface area contributed by atoms with E-state index in [1.165, 1.54) is 6.92 Å². The molecule has 4 heteroatoms. The third kappa shape index (κ3) is 2.32. The highest BCUT2D eigenvalue weighted by Crippen LogP contribution is 2.24. The summed E-state index contributed by atoms with van der Waals surface area (Å²) in [6.45, 7) is 5.14. The van der Waals surface area contributed by atoms with Gasteiger partial charge in [-0.2, -0.15) is 8.42 Å². The van der Waals surface area contributed by atoms with Crippen LogP contribution in [0, 0.1) is 13.8 Å². The van der Waals surface area contributed by atoms with E-state index >= 15 is 0 Å². The van der Waals surface area contributed by atoms with Gasteiger partial charge < -0.3 is 0 Å². The van der Waals surface area contributed by atoms with Crippen LogP contribution in [0.25, 0.3) is 0 Å². The van der Waals surface area contributed by atoms with E-state index < -0.39 is 15.5 Å². The molecule has 0 amide bonds. The minimum absolute atomic E-state index is 0.496. The van der Waals surface area contributed by atoms with Crippen LogP contribution in [-0.2, 0) is 10.2 Å². The minimum atomic E-state index is -4.49. The first kappa shape index (κ1) is 11.2. The summed E-state index contributed by atoms with van der Waals surface area (Å²) in [5.74, 6) is 0. The summed E-state index contributed by atoms with van der Waals surface area (Å²) in [7, 11) is -4.49. The van der Waals surface area contributed by atoms with E-state index in [1.807, 2.05) is 13.8 Å². The van der Waals surface area contributed by atoms with Crippen molar-refractivity contribution in [1.29, 1.82) is 0 Å². The number of benzene rings is 1. The van der Waals surface area contributed by atoms with Gasteiger partial charge >= 0.3 is 10.2 Å². The number of hydrogen-bond acceptors (Lipinski definition) is 2. The molecule has 1 aromatic rings. The molecule has 0 bridgehead atoms. The monoisotopic (exact) mass is 216 g/mol. The zero-order valence-corrected chi connectivity index (χ0v) is 9.23. The Morgan fingerprint density at radius 2 is 1.79 bits per heavy atom. The second kappa shape index (κ2) is 3.69. The predicted octanol–water partition coefficient (Wildman–Crippen LogP) is 2.66. The van der Waals surface area contributed by atoms with Crippen molar-refractivity contribution in [2.75, 3.05) is 0 Å². The lowest BCUT2D eigenvalue weighted by atomic mass is 10.0. The Labute approximate surface area is 84.0 Å². The van der Waals surface area contributed by atoms with Gasteiger partial charge in [0.15, 0.2) is 0 Å². The Morgan fingerprint density at radius 3 is 2.21 bits per heavy atom. The van der Waals surface area contributed by atoms with Crippen LogP contribution in [0.2, 0.25) is 0 Å². The first-order chi connectivity index (χ1) is 6.32. The second-order valence-electron chi connectivity index (χ2n) is 3.46. The molecule has 0 aliphatic heterocycles. The van der Waals surface area contributed by atoms with Gasteiger partial charge in [0.1, 0.15) is 5.25 Å². The maximum atomic E-state index is 12.7. The lowest BCUT2D eigenvalue weighted by Crippen LogP contribution is -2.04. The van der Waals surface area contributed by atoms with Gasteiger partial charge in [-0.05, 0) is 37.5 Å². The summed E-state index contributed by atoms with van der Waals surface area (Å²) >= 11 is 0. The molecule has 0 heterocycles. The molecule has 0 spiro atoms. The van der Waals surface area contributed by atoms with E-state index in [0.29, 0.717) is 5.56 Å². The Balaban J connectivity index is 3.16. The van der Waals surface area contributed by atoms with E-state index in [-0.39, 0.29) is 0 Å². The average Bonchev–Trinajstić information content (AvgIpc) is 2.07. The quantitative estimate of drug-likeness (QED) is 0.712. The summed E-state index contributed by atoms with van der Waals surface area (Å²) in [4.78, 5) is 0. The lowest BCUT2D eigenvalue weighted by molar-refractivity contribution is 0.540. The van der Waals surface area contributed by atoms with Gasteiger partial charge in [-0.15, -0.1) is 3.89 Å². The van der Waals surface area contributed by atoms with Crippen molar-refractivity contribution in [2.24, 2.45) is 0 Å². The highest BCUT2D eigenvalue weighted by atomic mass is 32.3. The highest BCUT2D eigenvalue weighted by Gasteiger charge is 2.21. The molecule has 0 fully saturated rings. The fraction of sp³-hybridized carbons (Fsp3) is 0.400. The molecule has 0 saturated carbocycles. The number of aryl methyl sites for hydroxylation is 2. The third-order valence-corrected chi connectivity index (χ3v) is 3.54. The largest absolute Gasteiger partial charge is 0.309 e. The molecule has 14 heavy (non-hydrogen) atoms. The van der Waals surface area contributed by atoms with E-state index in [0.717, 1.165) is 11.1 Å². The SMILES string of the molecule is Cc1ccc(C(C)S(=O)(=O)F)cc1C. The zero-order chi connectivity index (χ0) is 10.9. The van der Waals surface area contributed by atoms with Gasteiger partial charge in [-0.3, -0.25) is 0 Å². The highest BCUT2D eigenvalue weighted by molar-refractivity contribution is 7.86. The van der Waals surface area contributed by atoms with Crippen molar-refractivity contribution in [3.05, 3.63) is 34.9 Å². The number of rotatable bonds is 2. The van der Waals surface area contributed by atoms with E-state index in [2.05, 4.69) is 0 Å². The third-order valence-electron chi connectivity index (χ3n) is 2.42. The van der Waals surface area contributed by atoms with Crippen molar-refractivity contribution in [3.63, 3.8) is 0 Å². The van der Waals surface area contributed by atoms with Crippen LogP contribution >= 0.6 is 0 Å². The van der Waals surface area contributed by atoms with Crippen molar-refractivity contribution in [1.82, 2.24) is 0 Å². The summed E-state index contributed by atoms with van der Waals surface area (Å²) in [5.41, 5.74) is 2.53. The number of hydrogen-bond donors (Lipinski definition) is 0. The first-order valence-corrected chi connectivity index (χ1v) is 5.77. The van der Waals surface area contributed by atoms with Gasteiger partial charge in [0.2, 0.25) is 0 Å². The fourth-order valence-corrected chi connectivity index (χ4v) is 1.65. The molecule has 2 nitrogen and oxygen atoms in total. The second-order valence-corrected chi connectivity index (χ2v) is 5.12. The Morgan fingerprint density at radius 1 is 1.21 bits per heavy atom. The van der Waals surface area contributed by atoms with E-state index in [4.69, 9.17) is 0 Å². The molecule has 0 aliphatic carbocycles. The summed E-state index contributed by atoms with van der Waals surface area (Å²) in [6, 6.07) is 5.15. The first-order valence-electron chi connectivity index (χ1n) is 4.33. The molecule has 1 atom stereocenters. The Kier molecular flexibility index (Phi) is 2.95. The molecule has 78 valence electrons. The summed E-state index contributed by atoms with van der Waals surface area (Å²) < 4.78 is 34.0. The van der Waals surface area contributed by atoms with Crippen molar-refractivity contribution in [2.45, 2.75) is 26.0 Å². The molecule has 0 saturated heterocycles. The maximum absolute atomic E-state index is 12.7. The molecule has 1 rings (SSSR count).